The SMILES string of the molecule is c1ccc(-n2c3ccccc3c3c4c(ccc32)c(-c2ccc(-c3nc(-c5cccc6ccccc56)c5ccccc5n3)cc2)nc2ccccc24)cc1. The van der Waals surface area contributed by atoms with Crippen LogP contribution in [0.15, 0.2) is 182 Å². The van der Waals surface area contributed by atoms with Gasteiger partial charge in [-0.2, -0.15) is 0 Å². The summed E-state index contributed by atoms with van der Waals surface area (Å²) in [6, 6.07) is 64.2. The quantitative estimate of drug-likeness (QED) is 0.175. The van der Waals surface area contributed by atoms with Gasteiger partial charge in [-0.3, -0.25) is 0 Å². The van der Waals surface area contributed by atoms with Crippen molar-refractivity contribution in [2.24, 2.45) is 0 Å². The highest BCUT2D eigenvalue weighted by Gasteiger charge is 2.20. The molecule has 0 aliphatic carbocycles. The van der Waals surface area contributed by atoms with Crippen LogP contribution in [0.2, 0.25) is 0 Å². The molecule has 0 radical (unpaired) electrons. The largest absolute Gasteiger partial charge is 0.309 e. The molecule has 0 atom stereocenters. The van der Waals surface area contributed by atoms with Gasteiger partial charge in [0.05, 0.1) is 33.5 Å². The zero-order valence-corrected chi connectivity index (χ0v) is 28.6. The Morgan fingerprint density at radius 3 is 1.81 bits per heavy atom. The fourth-order valence-corrected chi connectivity index (χ4v) is 8.20. The molecule has 11 aromatic rings. The van der Waals surface area contributed by atoms with E-state index in [0.29, 0.717) is 5.82 Å². The van der Waals surface area contributed by atoms with Crippen molar-refractivity contribution in [1.29, 1.82) is 0 Å². The first-order valence-electron chi connectivity index (χ1n) is 18.0. The summed E-state index contributed by atoms with van der Waals surface area (Å²) >= 11 is 0. The number of para-hydroxylation sites is 4. The summed E-state index contributed by atoms with van der Waals surface area (Å²) in [6.45, 7) is 0. The van der Waals surface area contributed by atoms with Crippen molar-refractivity contribution in [1.82, 2.24) is 19.5 Å². The predicted molar refractivity (Wildman–Crippen MR) is 220 cm³/mol. The maximum atomic E-state index is 5.31. The third-order valence-electron chi connectivity index (χ3n) is 10.6. The number of pyridine rings is 1. The molecule has 246 valence electrons. The molecule has 0 saturated heterocycles. The minimum Gasteiger partial charge on any atom is -0.309 e. The summed E-state index contributed by atoms with van der Waals surface area (Å²) in [7, 11) is 0. The highest BCUT2D eigenvalue weighted by molar-refractivity contribution is 6.29. The van der Waals surface area contributed by atoms with Crippen LogP contribution in [0.1, 0.15) is 0 Å². The number of nitrogens with zero attached hydrogens (tertiary/aromatic N) is 4. The smallest absolute Gasteiger partial charge is 0.160 e. The van der Waals surface area contributed by atoms with E-state index in [4.69, 9.17) is 15.0 Å². The van der Waals surface area contributed by atoms with E-state index in [1.807, 2.05) is 6.07 Å². The number of aromatic nitrogens is 4. The fourth-order valence-electron chi connectivity index (χ4n) is 8.20. The molecule has 53 heavy (non-hydrogen) atoms. The second-order valence-corrected chi connectivity index (χ2v) is 13.6. The van der Waals surface area contributed by atoms with E-state index >= 15 is 0 Å². The van der Waals surface area contributed by atoms with Gasteiger partial charge in [-0.05, 0) is 47.2 Å². The second-order valence-electron chi connectivity index (χ2n) is 13.6. The normalized spacial score (nSPS) is 11.8. The van der Waals surface area contributed by atoms with Gasteiger partial charge < -0.3 is 4.57 Å². The van der Waals surface area contributed by atoms with Gasteiger partial charge in [0, 0.05) is 54.7 Å². The molecule has 0 aliphatic rings. The average Bonchev–Trinajstić information content (AvgIpc) is 3.58. The predicted octanol–water partition coefficient (Wildman–Crippen LogP) is 12.6. The van der Waals surface area contributed by atoms with Gasteiger partial charge in [0.25, 0.3) is 0 Å². The first-order chi connectivity index (χ1) is 26.3. The molecule has 0 aliphatic heterocycles. The first kappa shape index (κ1) is 29.5. The van der Waals surface area contributed by atoms with E-state index in [1.54, 1.807) is 0 Å². The van der Waals surface area contributed by atoms with E-state index in [9.17, 15) is 0 Å². The van der Waals surface area contributed by atoms with Crippen LogP contribution >= 0.6 is 0 Å². The minimum atomic E-state index is 0.699. The number of rotatable bonds is 4. The Hall–Kier alpha value is -7.17. The Morgan fingerprint density at radius 1 is 0.340 bits per heavy atom. The summed E-state index contributed by atoms with van der Waals surface area (Å²) < 4.78 is 2.38. The standard InChI is InChI=1S/C49H30N4/c1-2-15-34(16-3-1)53-43-24-11-8-20-39(43)46-44(53)30-29-40-45(46)37-18-6-9-22-41(37)50-47(40)32-25-27-33(28-26-32)49-51-42-23-10-7-19-38(42)48(52-49)36-21-12-14-31-13-4-5-17-35(31)36/h1-30H. The monoisotopic (exact) mass is 674 g/mol. The average molecular weight is 675 g/mol. The van der Waals surface area contributed by atoms with Crippen molar-refractivity contribution < 1.29 is 0 Å². The molecule has 3 aromatic heterocycles. The highest BCUT2D eigenvalue weighted by Crippen LogP contribution is 2.42. The zero-order chi connectivity index (χ0) is 34.9. The summed E-state index contributed by atoms with van der Waals surface area (Å²) in [5.41, 5.74) is 10.4. The first-order valence-corrected chi connectivity index (χ1v) is 18.0. The second kappa shape index (κ2) is 11.7. The number of hydrogen-bond donors (Lipinski definition) is 0. The number of fused-ring (bicyclic) bond motifs is 9. The Labute approximate surface area is 305 Å². The molecular formula is C49H30N4. The minimum absolute atomic E-state index is 0.699. The van der Waals surface area contributed by atoms with Crippen molar-refractivity contribution in [3.8, 4) is 39.6 Å². The Kier molecular flexibility index (Phi) is 6.52. The van der Waals surface area contributed by atoms with Crippen molar-refractivity contribution >= 4 is 65.2 Å². The lowest BCUT2D eigenvalue weighted by atomic mass is 9.95. The van der Waals surface area contributed by atoms with Gasteiger partial charge in [0.15, 0.2) is 5.82 Å². The van der Waals surface area contributed by atoms with Gasteiger partial charge in [-0.25, -0.2) is 15.0 Å². The van der Waals surface area contributed by atoms with E-state index in [-0.39, 0.29) is 0 Å². The van der Waals surface area contributed by atoms with Gasteiger partial charge in [-0.1, -0.05) is 146 Å². The van der Waals surface area contributed by atoms with Gasteiger partial charge in [0.2, 0.25) is 0 Å². The van der Waals surface area contributed by atoms with E-state index in [0.717, 1.165) is 61.0 Å². The molecule has 8 aromatic carbocycles. The zero-order valence-electron chi connectivity index (χ0n) is 28.6. The molecule has 11 rings (SSSR count). The molecule has 0 unspecified atom stereocenters. The topological polar surface area (TPSA) is 43.6 Å². The van der Waals surface area contributed by atoms with Gasteiger partial charge in [0.1, 0.15) is 0 Å². The Balaban J connectivity index is 1.11. The maximum absolute atomic E-state index is 5.31. The number of benzene rings is 8. The summed E-state index contributed by atoms with van der Waals surface area (Å²) in [4.78, 5) is 15.6. The van der Waals surface area contributed by atoms with Crippen LogP contribution in [0, 0.1) is 0 Å². The van der Waals surface area contributed by atoms with E-state index in [2.05, 4.69) is 180 Å². The lowest BCUT2D eigenvalue weighted by molar-refractivity contribution is 1.18. The Morgan fingerprint density at radius 2 is 0.981 bits per heavy atom. The van der Waals surface area contributed by atoms with Crippen molar-refractivity contribution in [2.75, 3.05) is 0 Å². The molecule has 0 N–H and O–H groups in total. The maximum Gasteiger partial charge on any atom is 0.160 e. The van der Waals surface area contributed by atoms with Crippen LogP contribution in [0.3, 0.4) is 0 Å². The molecule has 0 amide bonds. The van der Waals surface area contributed by atoms with E-state index in [1.165, 1.54) is 38.0 Å². The van der Waals surface area contributed by atoms with Crippen LogP contribution in [0.25, 0.3) is 105 Å². The van der Waals surface area contributed by atoms with Gasteiger partial charge in [-0.15, -0.1) is 0 Å². The molecule has 4 heteroatoms. The fraction of sp³-hybridized carbons (Fsp3) is 0. The Bertz CT molecular complexity index is 3210. The summed E-state index contributed by atoms with van der Waals surface area (Å²) in [5, 5.41) is 9.36. The number of hydrogen-bond acceptors (Lipinski definition) is 3. The molecule has 3 heterocycles. The highest BCUT2D eigenvalue weighted by atomic mass is 15.0. The molecule has 0 spiro atoms. The van der Waals surface area contributed by atoms with Crippen molar-refractivity contribution in [3.05, 3.63) is 182 Å². The third kappa shape index (κ3) is 4.59. The van der Waals surface area contributed by atoms with Crippen molar-refractivity contribution in [2.45, 2.75) is 0 Å². The summed E-state index contributed by atoms with van der Waals surface area (Å²) in [5.74, 6) is 0.699. The molecule has 0 bridgehead atoms. The van der Waals surface area contributed by atoms with Crippen LogP contribution in [-0.2, 0) is 0 Å². The molecule has 0 fully saturated rings. The lowest BCUT2D eigenvalue weighted by Crippen LogP contribution is -1.96. The van der Waals surface area contributed by atoms with E-state index < -0.39 is 0 Å². The van der Waals surface area contributed by atoms with Crippen LogP contribution in [0.5, 0.6) is 0 Å². The molecule has 4 nitrogen and oxygen atoms in total. The van der Waals surface area contributed by atoms with Gasteiger partial charge >= 0.3 is 0 Å². The molecular weight excluding hydrogens is 645 g/mol. The van der Waals surface area contributed by atoms with Crippen LogP contribution < -0.4 is 0 Å². The molecule has 0 saturated carbocycles. The van der Waals surface area contributed by atoms with Crippen LogP contribution in [0.4, 0.5) is 0 Å². The van der Waals surface area contributed by atoms with Crippen LogP contribution in [-0.4, -0.2) is 19.5 Å². The van der Waals surface area contributed by atoms with Crippen molar-refractivity contribution in [3.63, 3.8) is 0 Å². The third-order valence-corrected chi connectivity index (χ3v) is 10.6. The summed E-state index contributed by atoms with van der Waals surface area (Å²) in [6.07, 6.45) is 0. The lowest BCUT2D eigenvalue weighted by Gasteiger charge is -2.14.